The van der Waals surface area contributed by atoms with Crippen LogP contribution >= 0.6 is 0 Å². The molecule has 2 aliphatic heterocycles. The molecule has 1 aromatic heterocycles. The average Bonchev–Trinajstić information content (AvgIpc) is 2.62. The quantitative estimate of drug-likeness (QED) is 0.859. The number of para-hydroxylation sites is 2. The van der Waals surface area contributed by atoms with Gasteiger partial charge in [-0.1, -0.05) is 12.1 Å². The van der Waals surface area contributed by atoms with Crippen molar-refractivity contribution >= 4 is 23.2 Å². The number of pyridine rings is 1. The van der Waals surface area contributed by atoms with Gasteiger partial charge >= 0.3 is 0 Å². The monoisotopic (exact) mass is 364 g/mol. The van der Waals surface area contributed by atoms with E-state index in [0.717, 1.165) is 28.3 Å². The highest BCUT2D eigenvalue weighted by molar-refractivity contribution is 6.06. The van der Waals surface area contributed by atoms with Crippen LogP contribution in [0.3, 0.4) is 0 Å². The zero-order chi connectivity index (χ0) is 19.0. The Hall–Kier alpha value is -2.89. The van der Waals surface area contributed by atoms with Crippen molar-refractivity contribution in [3.63, 3.8) is 0 Å². The molecule has 6 heteroatoms. The molecular weight excluding hydrogens is 340 g/mol. The molecule has 27 heavy (non-hydrogen) atoms. The van der Waals surface area contributed by atoms with Crippen LogP contribution in [0.2, 0.25) is 0 Å². The zero-order valence-corrected chi connectivity index (χ0v) is 15.7. The van der Waals surface area contributed by atoms with E-state index in [-0.39, 0.29) is 11.8 Å². The minimum absolute atomic E-state index is 0.00585. The lowest BCUT2D eigenvalue weighted by Gasteiger charge is -2.44. The van der Waals surface area contributed by atoms with Crippen molar-refractivity contribution in [2.75, 3.05) is 23.7 Å². The molecule has 1 fully saturated rings. The predicted molar refractivity (Wildman–Crippen MR) is 105 cm³/mol. The molecule has 0 aliphatic carbocycles. The first-order valence-electron chi connectivity index (χ1n) is 9.36. The lowest BCUT2D eigenvalue weighted by atomic mass is 9.84. The predicted octanol–water partition coefficient (Wildman–Crippen LogP) is 2.67. The molecule has 4 rings (SSSR count). The van der Waals surface area contributed by atoms with Gasteiger partial charge in [0.25, 0.3) is 0 Å². The van der Waals surface area contributed by atoms with E-state index in [2.05, 4.69) is 15.6 Å². The number of nitrogens with one attached hydrogen (secondary N) is 2. The number of likely N-dealkylation sites (tertiary alicyclic amines) is 1. The normalized spacial score (nSPS) is 17.9. The van der Waals surface area contributed by atoms with Gasteiger partial charge in [0, 0.05) is 24.5 Å². The summed E-state index contributed by atoms with van der Waals surface area (Å²) in [5, 5.41) is 6.43. The first-order valence-corrected chi connectivity index (χ1v) is 9.36. The van der Waals surface area contributed by atoms with Crippen LogP contribution in [-0.4, -0.2) is 40.3 Å². The fraction of sp³-hybridized carbons (Fsp3) is 0.381. The van der Waals surface area contributed by atoms with Gasteiger partial charge in [-0.05, 0) is 56.5 Å². The molecule has 0 atom stereocenters. The van der Waals surface area contributed by atoms with Crippen molar-refractivity contribution in [1.82, 2.24) is 9.88 Å². The van der Waals surface area contributed by atoms with E-state index in [1.165, 1.54) is 0 Å². The maximum Gasteiger partial charge on any atom is 0.250 e. The largest absolute Gasteiger partial charge is 0.369 e. The van der Waals surface area contributed by atoms with Gasteiger partial charge in [-0.25, -0.2) is 0 Å². The van der Waals surface area contributed by atoms with E-state index in [1.54, 1.807) is 0 Å². The molecule has 1 aromatic carbocycles. The summed E-state index contributed by atoms with van der Waals surface area (Å²) in [5.41, 5.74) is 3.98. The van der Waals surface area contributed by atoms with E-state index in [1.807, 2.05) is 55.1 Å². The number of anilines is 2. The Balaban J connectivity index is 1.43. The third-order valence-electron chi connectivity index (χ3n) is 5.45. The van der Waals surface area contributed by atoms with E-state index in [4.69, 9.17) is 0 Å². The number of amides is 2. The Kier molecular flexibility index (Phi) is 4.34. The molecule has 2 aliphatic rings. The van der Waals surface area contributed by atoms with Gasteiger partial charge in [-0.15, -0.1) is 0 Å². The molecule has 0 radical (unpaired) electrons. The highest BCUT2D eigenvalue weighted by atomic mass is 16.2. The van der Waals surface area contributed by atoms with Crippen LogP contribution in [0.4, 0.5) is 11.4 Å². The minimum atomic E-state index is -0.630. The number of benzene rings is 1. The van der Waals surface area contributed by atoms with Gasteiger partial charge in [0.2, 0.25) is 11.8 Å². The third-order valence-corrected chi connectivity index (χ3v) is 5.45. The molecule has 6 nitrogen and oxygen atoms in total. The summed E-state index contributed by atoms with van der Waals surface area (Å²) in [4.78, 5) is 31.6. The lowest BCUT2D eigenvalue weighted by Crippen LogP contribution is -2.59. The number of nitrogens with zero attached hydrogens (tertiary/aromatic N) is 2. The molecule has 2 amide bonds. The molecule has 0 unspecified atom stereocenters. The third kappa shape index (κ3) is 3.39. The van der Waals surface area contributed by atoms with Crippen LogP contribution < -0.4 is 10.6 Å². The van der Waals surface area contributed by atoms with Gasteiger partial charge in [-0.2, -0.15) is 0 Å². The van der Waals surface area contributed by atoms with E-state index < -0.39 is 5.54 Å². The van der Waals surface area contributed by atoms with Crippen molar-refractivity contribution in [1.29, 1.82) is 0 Å². The molecule has 140 valence electrons. The van der Waals surface area contributed by atoms with Gasteiger partial charge in [0.1, 0.15) is 5.54 Å². The molecule has 0 saturated carbocycles. The highest BCUT2D eigenvalue weighted by Gasteiger charge is 2.44. The second kappa shape index (κ2) is 6.68. The molecule has 3 heterocycles. The van der Waals surface area contributed by atoms with Crippen LogP contribution in [0.5, 0.6) is 0 Å². The summed E-state index contributed by atoms with van der Waals surface area (Å²) in [5.74, 6) is 0.0974. The maximum atomic E-state index is 12.7. The fourth-order valence-corrected chi connectivity index (χ4v) is 4.06. The molecule has 2 N–H and O–H groups in total. The second-order valence-corrected chi connectivity index (χ2v) is 7.52. The summed E-state index contributed by atoms with van der Waals surface area (Å²) >= 11 is 0. The Morgan fingerprint density at radius 1 is 1.11 bits per heavy atom. The number of hydrogen-bond donors (Lipinski definition) is 2. The van der Waals surface area contributed by atoms with Crippen LogP contribution in [0, 0.1) is 13.8 Å². The zero-order valence-electron chi connectivity index (χ0n) is 15.7. The molecule has 1 spiro atoms. The standard InChI is InChI=1S/C21H24N4O2/c1-14-11-16(12-15(2)22-14)13-19(26)25-9-7-21(8-10-25)20(27)23-17-5-3-4-6-18(17)24-21/h3-6,11-12,24H,7-10,13H2,1-2H3,(H,23,27). The number of aromatic nitrogens is 1. The van der Waals surface area contributed by atoms with Crippen molar-refractivity contribution < 1.29 is 9.59 Å². The average molecular weight is 364 g/mol. The van der Waals surface area contributed by atoms with Gasteiger partial charge in [0.05, 0.1) is 17.8 Å². The first-order chi connectivity index (χ1) is 12.9. The van der Waals surface area contributed by atoms with Crippen molar-refractivity contribution in [2.24, 2.45) is 0 Å². The Bertz CT molecular complexity index is 881. The number of carbonyl (C=O) groups is 2. The van der Waals surface area contributed by atoms with Crippen molar-refractivity contribution in [3.05, 3.63) is 53.3 Å². The highest BCUT2D eigenvalue weighted by Crippen LogP contribution is 2.36. The molecule has 0 bridgehead atoms. The van der Waals surface area contributed by atoms with Gasteiger partial charge < -0.3 is 15.5 Å². The van der Waals surface area contributed by atoms with Gasteiger partial charge in [-0.3, -0.25) is 14.6 Å². The second-order valence-electron chi connectivity index (χ2n) is 7.52. The molecular formula is C21H24N4O2. The number of hydrogen-bond acceptors (Lipinski definition) is 4. The maximum absolute atomic E-state index is 12.7. The Labute approximate surface area is 159 Å². The Morgan fingerprint density at radius 2 is 1.74 bits per heavy atom. The smallest absolute Gasteiger partial charge is 0.250 e. The minimum Gasteiger partial charge on any atom is -0.369 e. The number of piperidine rings is 1. The van der Waals surface area contributed by atoms with Crippen LogP contribution in [0.1, 0.15) is 29.8 Å². The lowest BCUT2D eigenvalue weighted by molar-refractivity contribution is -0.134. The van der Waals surface area contributed by atoms with Crippen molar-refractivity contribution in [2.45, 2.75) is 38.6 Å². The van der Waals surface area contributed by atoms with Gasteiger partial charge in [0.15, 0.2) is 0 Å². The van der Waals surface area contributed by atoms with E-state index in [9.17, 15) is 9.59 Å². The molecule has 2 aromatic rings. The SMILES string of the molecule is Cc1cc(CC(=O)N2CCC3(CC2)Nc2ccccc2NC3=O)cc(C)n1. The molecule has 1 saturated heterocycles. The summed E-state index contributed by atoms with van der Waals surface area (Å²) in [7, 11) is 0. The van der Waals surface area contributed by atoms with E-state index >= 15 is 0 Å². The summed E-state index contributed by atoms with van der Waals surface area (Å²) < 4.78 is 0. The first kappa shape index (κ1) is 17.5. The number of carbonyl (C=O) groups excluding carboxylic acids is 2. The van der Waals surface area contributed by atoms with Crippen LogP contribution in [0.15, 0.2) is 36.4 Å². The van der Waals surface area contributed by atoms with Crippen LogP contribution in [0.25, 0.3) is 0 Å². The topological polar surface area (TPSA) is 74.3 Å². The Morgan fingerprint density at radius 3 is 2.41 bits per heavy atom. The number of fused-ring (bicyclic) bond motifs is 1. The summed E-state index contributed by atoms with van der Waals surface area (Å²) in [6, 6.07) is 11.6. The van der Waals surface area contributed by atoms with Crippen LogP contribution in [-0.2, 0) is 16.0 Å². The summed E-state index contributed by atoms with van der Waals surface area (Å²) in [6.45, 7) is 5.03. The number of aryl methyl sites for hydroxylation is 2. The summed E-state index contributed by atoms with van der Waals surface area (Å²) in [6.07, 6.45) is 1.58. The van der Waals surface area contributed by atoms with E-state index in [0.29, 0.717) is 32.4 Å². The fourth-order valence-electron chi connectivity index (χ4n) is 4.06. The van der Waals surface area contributed by atoms with Crippen molar-refractivity contribution in [3.8, 4) is 0 Å². The number of rotatable bonds is 2.